The normalized spacial score (nSPS) is 16.6. The molecule has 0 spiro atoms. The molecule has 0 unspecified atom stereocenters. The number of aliphatic hydroxyl groups excluding tert-OH is 1. The van der Waals surface area contributed by atoms with Crippen molar-refractivity contribution < 1.29 is 24.5 Å². The molecule has 0 aliphatic carbocycles. The zero-order chi connectivity index (χ0) is 20.1. The number of hydrogen-bond donors (Lipinski definition) is 2. The predicted octanol–water partition coefficient (Wildman–Crippen LogP) is 4.59. The molecule has 0 fully saturated rings. The third-order valence-electron chi connectivity index (χ3n) is 3.88. The van der Waals surface area contributed by atoms with Crippen molar-refractivity contribution in [1.29, 1.82) is 0 Å². The number of aromatic hydroxyl groups is 1. The van der Waals surface area contributed by atoms with Gasteiger partial charge >= 0.3 is 5.97 Å². The Bertz CT molecular complexity index is 980. The van der Waals surface area contributed by atoms with Gasteiger partial charge in [0.2, 0.25) is 0 Å². The van der Waals surface area contributed by atoms with E-state index in [1.165, 1.54) is 13.2 Å². The van der Waals surface area contributed by atoms with Crippen LogP contribution in [0.4, 0.5) is 5.69 Å². The Morgan fingerprint density at radius 2 is 1.93 bits per heavy atom. The van der Waals surface area contributed by atoms with E-state index in [4.69, 9.17) is 9.47 Å². The van der Waals surface area contributed by atoms with Crippen LogP contribution in [-0.2, 0) is 9.53 Å². The summed E-state index contributed by atoms with van der Waals surface area (Å²) >= 11 is 1.13. The van der Waals surface area contributed by atoms with E-state index in [0.717, 1.165) is 11.8 Å². The average Bonchev–Trinajstić information content (AvgIpc) is 2.99. The van der Waals surface area contributed by atoms with Crippen LogP contribution in [0.1, 0.15) is 12.5 Å². The monoisotopic (exact) mass is 397 g/mol. The Morgan fingerprint density at radius 1 is 1.18 bits per heavy atom. The molecule has 0 amide bonds. The number of aliphatic hydroxyl groups is 1. The minimum atomic E-state index is -0.652. The van der Waals surface area contributed by atoms with Gasteiger partial charge < -0.3 is 19.7 Å². The number of methoxy groups -OCH3 is 1. The maximum Gasteiger partial charge on any atom is 0.344 e. The van der Waals surface area contributed by atoms with E-state index in [-0.39, 0.29) is 23.7 Å². The van der Waals surface area contributed by atoms with Crippen molar-refractivity contribution in [3.05, 3.63) is 70.3 Å². The fourth-order valence-corrected chi connectivity index (χ4v) is 3.55. The van der Waals surface area contributed by atoms with Crippen LogP contribution in [0.5, 0.6) is 11.5 Å². The molecule has 3 rings (SSSR count). The van der Waals surface area contributed by atoms with Crippen LogP contribution in [0.3, 0.4) is 0 Å². The second-order valence-electron chi connectivity index (χ2n) is 5.73. The molecule has 0 saturated heterocycles. The van der Waals surface area contributed by atoms with Gasteiger partial charge in [-0.25, -0.2) is 9.79 Å². The minimum Gasteiger partial charge on any atom is -0.507 e. The second-order valence-corrected chi connectivity index (χ2v) is 6.76. The highest BCUT2D eigenvalue weighted by atomic mass is 32.2. The molecular weight excluding hydrogens is 378 g/mol. The summed E-state index contributed by atoms with van der Waals surface area (Å²) in [7, 11) is 1.52. The lowest BCUT2D eigenvalue weighted by Gasteiger charge is -2.04. The molecule has 7 heteroatoms. The zero-order valence-corrected chi connectivity index (χ0v) is 16.2. The molecule has 0 radical (unpaired) electrons. The molecular formula is C21H19NO5S. The first-order valence-corrected chi connectivity index (χ1v) is 9.36. The molecule has 144 valence electrons. The first-order chi connectivity index (χ1) is 13.5. The third kappa shape index (κ3) is 4.20. The fraction of sp³-hybridized carbons (Fsp3) is 0.143. The van der Waals surface area contributed by atoms with Crippen molar-refractivity contribution in [2.24, 2.45) is 4.99 Å². The molecule has 2 aromatic rings. The van der Waals surface area contributed by atoms with Crippen LogP contribution in [0.2, 0.25) is 0 Å². The minimum absolute atomic E-state index is 0.00402. The topological polar surface area (TPSA) is 88.4 Å². The molecule has 0 aromatic heterocycles. The van der Waals surface area contributed by atoms with E-state index in [9.17, 15) is 15.0 Å². The summed E-state index contributed by atoms with van der Waals surface area (Å²) < 4.78 is 10.2. The van der Waals surface area contributed by atoms with Gasteiger partial charge in [0.05, 0.1) is 24.3 Å². The van der Waals surface area contributed by atoms with E-state index in [2.05, 4.69) is 4.99 Å². The largest absolute Gasteiger partial charge is 0.507 e. The smallest absolute Gasteiger partial charge is 0.344 e. The fourth-order valence-electron chi connectivity index (χ4n) is 2.53. The van der Waals surface area contributed by atoms with Crippen molar-refractivity contribution in [2.75, 3.05) is 13.7 Å². The number of phenols is 1. The molecule has 1 heterocycles. The standard InChI is InChI=1S/C21H19NO5S/c1-3-27-21(25)18-19(24)17(12-13-11-15(26-2)9-10-16(13)23)28-20(18)22-14-7-5-4-6-8-14/h4-12,23-24H,3H2,1-2H3. The maximum atomic E-state index is 12.4. The summed E-state index contributed by atoms with van der Waals surface area (Å²) in [5.74, 6) is -0.312. The van der Waals surface area contributed by atoms with Crippen molar-refractivity contribution in [1.82, 2.24) is 0 Å². The lowest BCUT2D eigenvalue weighted by atomic mass is 10.1. The Hall–Kier alpha value is -3.19. The number of thioether (sulfide) groups is 1. The van der Waals surface area contributed by atoms with Gasteiger partial charge in [0.25, 0.3) is 0 Å². The lowest BCUT2D eigenvalue weighted by Crippen LogP contribution is -2.12. The lowest BCUT2D eigenvalue weighted by molar-refractivity contribution is -0.138. The van der Waals surface area contributed by atoms with Crippen LogP contribution in [0.25, 0.3) is 6.08 Å². The van der Waals surface area contributed by atoms with Crippen molar-refractivity contribution in [2.45, 2.75) is 6.92 Å². The molecule has 0 atom stereocenters. The molecule has 1 aliphatic rings. The first-order valence-electron chi connectivity index (χ1n) is 8.55. The Labute approximate surface area is 166 Å². The molecule has 1 aliphatic heterocycles. The molecule has 0 bridgehead atoms. The maximum absolute atomic E-state index is 12.4. The number of benzene rings is 2. The summed E-state index contributed by atoms with van der Waals surface area (Å²) in [6.07, 6.45) is 1.57. The molecule has 6 nitrogen and oxygen atoms in total. The van der Waals surface area contributed by atoms with E-state index in [1.54, 1.807) is 37.3 Å². The van der Waals surface area contributed by atoms with Crippen LogP contribution < -0.4 is 4.74 Å². The number of para-hydroxylation sites is 1. The number of esters is 1. The molecule has 0 saturated carbocycles. The highest BCUT2D eigenvalue weighted by molar-refractivity contribution is 8.18. The second kappa shape index (κ2) is 8.67. The first kappa shape index (κ1) is 19.6. The van der Waals surface area contributed by atoms with E-state index in [0.29, 0.717) is 26.9 Å². The number of nitrogens with zero attached hydrogens (tertiary/aromatic N) is 1. The van der Waals surface area contributed by atoms with Crippen LogP contribution in [-0.4, -0.2) is 34.9 Å². The predicted molar refractivity (Wildman–Crippen MR) is 110 cm³/mol. The van der Waals surface area contributed by atoms with Gasteiger partial charge in [-0.15, -0.1) is 0 Å². The summed E-state index contributed by atoms with van der Waals surface area (Å²) in [4.78, 5) is 17.2. The summed E-state index contributed by atoms with van der Waals surface area (Å²) in [5, 5.41) is 21.1. The van der Waals surface area contributed by atoms with Crippen molar-refractivity contribution >= 4 is 34.5 Å². The van der Waals surface area contributed by atoms with Gasteiger partial charge in [-0.3, -0.25) is 0 Å². The summed E-state index contributed by atoms with van der Waals surface area (Å²) in [5.41, 5.74) is 1.09. The van der Waals surface area contributed by atoms with Gasteiger partial charge in [-0.2, -0.15) is 0 Å². The number of rotatable bonds is 5. The van der Waals surface area contributed by atoms with Gasteiger partial charge in [-0.1, -0.05) is 30.0 Å². The van der Waals surface area contributed by atoms with Crippen LogP contribution in [0, 0.1) is 0 Å². The highest BCUT2D eigenvalue weighted by Gasteiger charge is 2.33. The Balaban J connectivity index is 2.07. The van der Waals surface area contributed by atoms with E-state index in [1.807, 2.05) is 18.2 Å². The van der Waals surface area contributed by atoms with Crippen LogP contribution >= 0.6 is 11.8 Å². The van der Waals surface area contributed by atoms with E-state index >= 15 is 0 Å². The van der Waals surface area contributed by atoms with Gasteiger partial charge in [-0.05, 0) is 43.3 Å². The Kier molecular flexibility index (Phi) is 6.06. The quantitative estimate of drug-likeness (QED) is 0.717. The number of carbonyl (C=O) groups excluding carboxylic acids is 1. The molecule has 28 heavy (non-hydrogen) atoms. The van der Waals surface area contributed by atoms with Gasteiger partial charge in [0.15, 0.2) is 0 Å². The van der Waals surface area contributed by atoms with E-state index < -0.39 is 5.97 Å². The molecule has 2 N–H and O–H groups in total. The number of hydrogen-bond acceptors (Lipinski definition) is 7. The number of phenolic OH excluding ortho intramolecular Hbond substituents is 1. The van der Waals surface area contributed by atoms with Gasteiger partial charge in [0.1, 0.15) is 27.9 Å². The number of carbonyl (C=O) groups is 1. The van der Waals surface area contributed by atoms with Crippen LogP contribution in [0.15, 0.2) is 69.8 Å². The summed E-state index contributed by atoms with van der Waals surface area (Å²) in [6.45, 7) is 1.87. The Morgan fingerprint density at radius 3 is 2.61 bits per heavy atom. The van der Waals surface area contributed by atoms with Crippen molar-refractivity contribution in [3.63, 3.8) is 0 Å². The van der Waals surface area contributed by atoms with Crippen molar-refractivity contribution in [3.8, 4) is 11.5 Å². The number of ether oxygens (including phenoxy) is 2. The highest BCUT2D eigenvalue weighted by Crippen LogP contribution is 2.41. The summed E-state index contributed by atoms with van der Waals surface area (Å²) in [6, 6.07) is 13.9. The zero-order valence-electron chi connectivity index (χ0n) is 15.4. The molecule has 2 aromatic carbocycles. The average molecular weight is 397 g/mol. The third-order valence-corrected chi connectivity index (χ3v) is 4.90. The SMILES string of the molecule is CCOC(=O)C1=C(O)C(=Cc2cc(OC)ccc2O)SC1=Nc1ccccc1. The van der Waals surface area contributed by atoms with Gasteiger partial charge in [0, 0.05) is 5.56 Å². The number of aliphatic imine (C=N–C) groups is 1.